The first-order valence-electron chi connectivity index (χ1n) is 6.72. The molecule has 6 nitrogen and oxygen atoms in total. The SMILES string of the molecule is Nc1cccc(OCCCSc2nnnn2C2CC2)c1. The second kappa shape index (κ2) is 6.13. The highest BCUT2D eigenvalue weighted by atomic mass is 32.2. The normalized spacial score (nSPS) is 14.4. The number of rotatable bonds is 7. The van der Waals surface area contributed by atoms with Crippen molar-refractivity contribution in [3.8, 4) is 5.75 Å². The van der Waals surface area contributed by atoms with E-state index < -0.39 is 0 Å². The quantitative estimate of drug-likeness (QED) is 0.478. The van der Waals surface area contributed by atoms with E-state index in [1.165, 1.54) is 12.8 Å². The highest BCUT2D eigenvalue weighted by Crippen LogP contribution is 2.36. The van der Waals surface area contributed by atoms with E-state index in [0.717, 1.165) is 28.8 Å². The van der Waals surface area contributed by atoms with Gasteiger partial charge in [-0.15, -0.1) is 5.10 Å². The van der Waals surface area contributed by atoms with Crippen LogP contribution in [0.25, 0.3) is 0 Å². The molecule has 1 fully saturated rings. The van der Waals surface area contributed by atoms with Gasteiger partial charge in [0, 0.05) is 17.5 Å². The van der Waals surface area contributed by atoms with Crippen LogP contribution in [0.15, 0.2) is 29.4 Å². The molecule has 2 N–H and O–H groups in total. The molecule has 0 radical (unpaired) electrons. The van der Waals surface area contributed by atoms with Gasteiger partial charge in [0.05, 0.1) is 12.6 Å². The standard InChI is InChI=1S/C13H17N5OS/c14-10-3-1-4-12(9-10)19-7-2-8-20-13-15-16-17-18(13)11-5-6-11/h1,3-4,9,11H,2,5-8,14H2. The van der Waals surface area contributed by atoms with Crippen LogP contribution in [0.3, 0.4) is 0 Å². The Balaban J connectivity index is 1.39. The molecule has 1 aromatic carbocycles. The first-order valence-corrected chi connectivity index (χ1v) is 7.70. The van der Waals surface area contributed by atoms with Gasteiger partial charge in [-0.3, -0.25) is 0 Å². The average Bonchev–Trinajstić information content (AvgIpc) is 3.18. The summed E-state index contributed by atoms with van der Waals surface area (Å²) >= 11 is 1.68. The number of tetrazole rings is 1. The van der Waals surface area contributed by atoms with Crippen LogP contribution < -0.4 is 10.5 Å². The van der Waals surface area contributed by atoms with Crippen molar-refractivity contribution in [2.45, 2.75) is 30.5 Å². The number of hydrogen-bond donors (Lipinski definition) is 1. The maximum absolute atomic E-state index is 5.70. The Hall–Kier alpha value is -1.76. The number of nitrogens with two attached hydrogens (primary N) is 1. The highest BCUT2D eigenvalue weighted by Gasteiger charge is 2.27. The molecule has 1 saturated carbocycles. The molecule has 2 aromatic rings. The van der Waals surface area contributed by atoms with Crippen molar-refractivity contribution in [1.82, 2.24) is 20.2 Å². The maximum atomic E-state index is 5.70. The number of thioether (sulfide) groups is 1. The monoisotopic (exact) mass is 291 g/mol. The van der Waals surface area contributed by atoms with Gasteiger partial charge in [0.2, 0.25) is 5.16 Å². The Morgan fingerprint density at radius 3 is 3.10 bits per heavy atom. The minimum Gasteiger partial charge on any atom is -0.493 e. The Kier molecular flexibility index (Phi) is 4.05. The molecule has 0 bridgehead atoms. The van der Waals surface area contributed by atoms with Gasteiger partial charge in [-0.05, 0) is 41.8 Å². The highest BCUT2D eigenvalue weighted by molar-refractivity contribution is 7.99. The zero-order chi connectivity index (χ0) is 13.8. The van der Waals surface area contributed by atoms with Gasteiger partial charge in [-0.25, -0.2) is 4.68 Å². The largest absolute Gasteiger partial charge is 0.493 e. The fourth-order valence-electron chi connectivity index (χ4n) is 1.85. The van der Waals surface area contributed by atoms with Crippen molar-refractivity contribution in [3.63, 3.8) is 0 Å². The summed E-state index contributed by atoms with van der Waals surface area (Å²) in [6.07, 6.45) is 3.32. The third kappa shape index (κ3) is 3.41. The predicted octanol–water partition coefficient (Wildman–Crippen LogP) is 2.15. The fraction of sp³-hybridized carbons (Fsp3) is 0.462. The summed E-state index contributed by atoms with van der Waals surface area (Å²) in [5.74, 6) is 1.76. The van der Waals surface area contributed by atoms with Crippen molar-refractivity contribution >= 4 is 17.4 Å². The number of benzene rings is 1. The Labute approximate surface area is 121 Å². The number of nitrogens with zero attached hydrogens (tertiary/aromatic N) is 4. The molecule has 20 heavy (non-hydrogen) atoms. The van der Waals surface area contributed by atoms with Crippen LogP contribution >= 0.6 is 11.8 Å². The fourth-order valence-corrected chi connectivity index (χ4v) is 2.70. The molecule has 106 valence electrons. The molecule has 0 aliphatic heterocycles. The Bertz CT molecular complexity index is 569. The van der Waals surface area contributed by atoms with E-state index in [-0.39, 0.29) is 0 Å². The molecule has 0 amide bonds. The van der Waals surface area contributed by atoms with E-state index in [0.29, 0.717) is 12.6 Å². The average molecular weight is 291 g/mol. The summed E-state index contributed by atoms with van der Waals surface area (Å²) in [4.78, 5) is 0. The molecule has 1 aliphatic carbocycles. The topological polar surface area (TPSA) is 78.8 Å². The number of hydrogen-bond acceptors (Lipinski definition) is 6. The summed E-state index contributed by atoms with van der Waals surface area (Å²) in [7, 11) is 0. The van der Waals surface area contributed by atoms with Crippen molar-refractivity contribution < 1.29 is 4.74 Å². The second-order valence-electron chi connectivity index (χ2n) is 4.76. The van der Waals surface area contributed by atoms with Crippen LogP contribution in [0.1, 0.15) is 25.3 Å². The molecule has 1 aromatic heterocycles. The van der Waals surface area contributed by atoms with Crippen molar-refractivity contribution in [1.29, 1.82) is 0 Å². The maximum Gasteiger partial charge on any atom is 0.209 e. The van der Waals surface area contributed by atoms with Crippen LogP contribution in [0.2, 0.25) is 0 Å². The van der Waals surface area contributed by atoms with E-state index in [1.807, 2.05) is 28.9 Å². The predicted molar refractivity (Wildman–Crippen MR) is 77.8 cm³/mol. The van der Waals surface area contributed by atoms with Gasteiger partial charge >= 0.3 is 0 Å². The number of aromatic nitrogens is 4. The summed E-state index contributed by atoms with van der Waals surface area (Å²) in [6, 6.07) is 8.01. The number of ether oxygens (including phenoxy) is 1. The lowest BCUT2D eigenvalue weighted by atomic mass is 10.3. The summed E-state index contributed by atoms with van der Waals surface area (Å²) in [5.41, 5.74) is 6.42. The van der Waals surface area contributed by atoms with E-state index in [4.69, 9.17) is 10.5 Å². The van der Waals surface area contributed by atoms with Gasteiger partial charge in [-0.2, -0.15) is 0 Å². The third-order valence-electron chi connectivity index (χ3n) is 3.00. The molecule has 1 heterocycles. The molecule has 0 atom stereocenters. The van der Waals surface area contributed by atoms with E-state index >= 15 is 0 Å². The van der Waals surface area contributed by atoms with E-state index in [1.54, 1.807) is 11.8 Å². The van der Waals surface area contributed by atoms with Crippen LogP contribution in [-0.4, -0.2) is 32.6 Å². The summed E-state index contributed by atoms with van der Waals surface area (Å²) < 4.78 is 7.58. The zero-order valence-electron chi connectivity index (χ0n) is 11.1. The van der Waals surface area contributed by atoms with Crippen LogP contribution in [0, 0.1) is 0 Å². The van der Waals surface area contributed by atoms with Gasteiger partial charge in [0.1, 0.15) is 5.75 Å². The van der Waals surface area contributed by atoms with Crippen LogP contribution in [-0.2, 0) is 0 Å². The number of anilines is 1. The minimum atomic E-state index is 0.524. The first kappa shape index (κ1) is 13.2. The van der Waals surface area contributed by atoms with Gasteiger partial charge in [0.25, 0.3) is 0 Å². The molecule has 3 rings (SSSR count). The molecule has 0 spiro atoms. The first-order chi connectivity index (χ1) is 9.83. The van der Waals surface area contributed by atoms with Gasteiger partial charge < -0.3 is 10.5 Å². The lowest BCUT2D eigenvalue weighted by molar-refractivity contribution is 0.319. The molecule has 0 saturated heterocycles. The zero-order valence-corrected chi connectivity index (χ0v) is 11.9. The molecule has 7 heteroatoms. The molecule has 1 aliphatic rings. The van der Waals surface area contributed by atoms with Crippen molar-refractivity contribution in [3.05, 3.63) is 24.3 Å². The minimum absolute atomic E-state index is 0.524. The number of nitrogen functional groups attached to an aromatic ring is 1. The van der Waals surface area contributed by atoms with E-state index in [9.17, 15) is 0 Å². The summed E-state index contributed by atoms with van der Waals surface area (Å²) in [5, 5.41) is 12.7. The molecular formula is C13H17N5OS. The van der Waals surface area contributed by atoms with Gasteiger partial charge in [-0.1, -0.05) is 17.8 Å². The third-order valence-corrected chi connectivity index (χ3v) is 4.02. The van der Waals surface area contributed by atoms with Crippen LogP contribution in [0.4, 0.5) is 5.69 Å². The van der Waals surface area contributed by atoms with Crippen molar-refractivity contribution in [2.75, 3.05) is 18.1 Å². The lowest BCUT2D eigenvalue weighted by Gasteiger charge is -2.06. The lowest BCUT2D eigenvalue weighted by Crippen LogP contribution is -2.02. The second-order valence-corrected chi connectivity index (χ2v) is 5.82. The molecular weight excluding hydrogens is 274 g/mol. The van der Waals surface area contributed by atoms with E-state index in [2.05, 4.69) is 15.5 Å². The van der Waals surface area contributed by atoms with Crippen LogP contribution in [0.5, 0.6) is 5.75 Å². The smallest absolute Gasteiger partial charge is 0.209 e. The van der Waals surface area contributed by atoms with Crippen molar-refractivity contribution in [2.24, 2.45) is 0 Å². The Morgan fingerprint density at radius 2 is 2.30 bits per heavy atom. The summed E-state index contributed by atoms with van der Waals surface area (Å²) in [6.45, 7) is 0.668. The Morgan fingerprint density at radius 1 is 1.40 bits per heavy atom. The molecule has 0 unspecified atom stereocenters. The van der Waals surface area contributed by atoms with Gasteiger partial charge in [0.15, 0.2) is 0 Å².